The first-order valence-electron chi connectivity index (χ1n) is 15.3. The number of methoxy groups -OCH3 is 1. The average molecular weight is 659 g/mol. The van der Waals surface area contributed by atoms with Crippen LogP contribution in [0.3, 0.4) is 0 Å². The number of fused-ring (bicyclic) bond motifs is 2. The summed E-state index contributed by atoms with van der Waals surface area (Å²) in [4.78, 5) is 56.0. The van der Waals surface area contributed by atoms with Crippen molar-refractivity contribution in [2.45, 2.75) is 52.7 Å². The highest BCUT2D eigenvalue weighted by Gasteiger charge is 2.38. The molecular weight excluding hydrogens is 612 g/mol. The number of nitrogens with one attached hydrogen (secondary N) is 2. The fourth-order valence-electron chi connectivity index (χ4n) is 4.87. The summed E-state index contributed by atoms with van der Waals surface area (Å²) in [5.74, 6) is -2.30. The molecule has 3 rings (SSSR count). The molecule has 2 aromatic rings. The zero-order valence-electron chi connectivity index (χ0n) is 28.1. The maximum Gasteiger partial charge on any atom is 0.410 e. The molecular formula is C33H46N4O10. The Hall–Kier alpha value is -4.56. The fraction of sp³-hybridized carbons (Fsp3) is 0.515. The molecule has 0 fully saturated rings. The molecule has 0 saturated carbocycles. The molecule has 14 heteroatoms. The number of benzene rings is 2. The van der Waals surface area contributed by atoms with E-state index in [-0.39, 0.29) is 86.1 Å². The van der Waals surface area contributed by atoms with Crippen LogP contribution in [0.15, 0.2) is 24.3 Å². The van der Waals surface area contributed by atoms with Gasteiger partial charge in [0.05, 0.1) is 35.5 Å². The van der Waals surface area contributed by atoms with Crippen molar-refractivity contribution in [3.05, 3.63) is 46.5 Å². The molecule has 0 aliphatic heterocycles. The van der Waals surface area contributed by atoms with Crippen molar-refractivity contribution in [3.8, 4) is 11.5 Å². The van der Waals surface area contributed by atoms with Crippen LogP contribution in [0.1, 0.15) is 73.4 Å². The summed E-state index contributed by atoms with van der Waals surface area (Å²) in [6.45, 7) is 11.2. The van der Waals surface area contributed by atoms with E-state index in [4.69, 9.17) is 14.2 Å². The monoisotopic (exact) mass is 658 g/mol. The van der Waals surface area contributed by atoms with E-state index < -0.39 is 46.5 Å². The maximum atomic E-state index is 13.9. The van der Waals surface area contributed by atoms with Gasteiger partial charge in [-0.1, -0.05) is 0 Å². The molecule has 14 nitrogen and oxygen atoms in total. The Morgan fingerprint density at radius 3 is 1.45 bits per heavy atom. The van der Waals surface area contributed by atoms with Gasteiger partial charge in [-0.2, -0.15) is 0 Å². The lowest BCUT2D eigenvalue weighted by Gasteiger charge is -2.28. The molecule has 1 aliphatic carbocycles. The van der Waals surface area contributed by atoms with Gasteiger partial charge in [0.15, 0.2) is 0 Å². The normalized spacial score (nSPS) is 12.6. The molecule has 0 aromatic heterocycles. The summed E-state index contributed by atoms with van der Waals surface area (Å²) in [5.41, 5.74) is -1.66. The van der Waals surface area contributed by atoms with E-state index in [0.717, 1.165) is 12.1 Å². The Morgan fingerprint density at radius 1 is 0.681 bits per heavy atom. The SMILES string of the molecule is COCCN(CCNc1ccc(NCCN(CCO)C(=O)OC(C)(C)C)c2c1C(=O)c1c(O)ccc(O)c1C2=O)C(=O)OC(C)(C)C. The third kappa shape index (κ3) is 9.48. The Balaban J connectivity index is 1.93. The zero-order valence-corrected chi connectivity index (χ0v) is 28.1. The molecule has 5 N–H and O–H groups in total. The highest BCUT2D eigenvalue weighted by atomic mass is 16.6. The largest absolute Gasteiger partial charge is 0.507 e. The lowest BCUT2D eigenvalue weighted by molar-refractivity contribution is 0.0206. The average Bonchev–Trinajstić information content (AvgIpc) is 2.96. The first-order chi connectivity index (χ1) is 22.0. The number of ketones is 2. The minimum Gasteiger partial charge on any atom is -0.507 e. The predicted molar refractivity (Wildman–Crippen MR) is 175 cm³/mol. The smallest absolute Gasteiger partial charge is 0.410 e. The van der Waals surface area contributed by atoms with Gasteiger partial charge in [-0.25, -0.2) is 9.59 Å². The summed E-state index contributed by atoms with van der Waals surface area (Å²) in [7, 11) is 1.52. The first-order valence-corrected chi connectivity index (χ1v) is 15.3. The molecule has 0 bridgehead atoms. The minimum absolute atomic E-state index is 0.0141. The van der Waals surface area contributed by atoms with Crippen molar-refractivity contribution in [3.63, 3.8) is 0 Å². The number of amides is 2. The van der Waals surface area contributed by atoms with Crippen LogP contribution in [0, 0.1) is 0 Å². The standard InChI is InChI=1S/C33H46N4O10/c1-32(2,3)46-30(43)36(16-18-38)14-12-34-20-8-9-21(35-13-15-37(17-19-45-7)31(44)47-33(4,5)6)25-24(20)28(41)26-22(39)10-11-23(40)27(26)29(25)42/h8-11,34-35,38-40H,12-19H2,1-7H3. The maximum absolute atomic E-state index is 13.9. The van der Waals surface area contributed by atoms with Crippen LogP contribution in [0.25, 0.3) is 0 Å². The second-order valence-corrected chi connectivity index (χ2v) is 12.9. The molecule has 0 atom stereocenters. The number of carbonyl (C=O) groups excluding carboxylic acids is 4. The van der Waals surface area contributed by atoms with Crippen LogP contribution >= 0.6 is 0 Å². The number of rotatable bonds is 13. The number of phenolic OH excluding ortho intramolecular Hbond substituents is 2. The van der Waals surface area contributed by atoms with Crippen molar-refractivity contribution in [2.24, 2.45) is 0 Å². The van der Waals surface area contributed by atoms with E-state index in [1.165, 1.54) is 16.9 Å². The Morgan fingerprint density at radius 2 is 1.09 bits per heavy atom. The van der Waals surface area contributed by atoms with Crippen LogP contribution in [-0.2, 0) is 14.2 Å². The summed E-state index contributed by atoms with van der Waals surface area (Å²) in [5, 5.41) is 36.8. The van der Waals surface area contributed by atoms with Crippen LogP contribution in [0.5, 0.6) is 11.5 Å². The summed E-state index contributed by atoms with van der Waals surface area (Å²) in [6, 6.07) is 5.44. The molecule has 0 radical (unpaired) electrons. The number of hydrogen-bond acceptors (Lipinski definition) is 12. The second kappa shape index (κ2) is 15.4. The van der Waals surface area contributed by atoms with Gasteiger partial charge < -0.3 is 50.0 Å². The van der Waals surface area contributed by atoms with Gasteiger partial charge in [0.2, 0.25) is 11.6 Å². The second-order valence-electron chi connectivity index (χ2n) is 12.9. The van der Waals surface area contributed by atoms with Crippen LogP contribution in [-0.4, -0.2) is 120 Å². The topological polar surface area (TPSA) is 187 Å². The van der Waals surface area contributed by atoms with Crippen molar-refractivity contribution in [1.29, 1.82) is 0 Å². The number of aromatic hydroxyl groups is 2. The van der Waals surface area contributed by atoms with Crippen molar-refractivity contribution in [2.75, 3.05) is 70.2 Å². The minimum atomic E-state index is -0.748. The van der Waals surface area contributed by atoms with E-state index in [1.807, 2.05) is 0 Å². The number of phenols is 2. The van der Waals surface area contributed by atoms with Gasteiger partial charge in [0.25, 0.3) is 0 Å². The molecule has 47 heavy (non-hydrogen) atoms. The van der Waals surface area contributed by atoms with Crippen LogP contribution in [0.4, 0.5) is 21.0 Å². The third-order valence-corrected chi connectivity index (χ3v) is 6.91. The highest BCUT2D eigenvalue weighted by Crippen LogP contribution is 2.42. The fourth-order valence-corrected chi connectivity index (χ4v) is 4.87. The predicted octanol–water partition coefficient (Wildman–Crippen LogP) is 3.81. The number of carbonyl (C=O) groups is 4. The van der Waals surface area contributed by atoms with Gasteiger partial charge in [-0.15, -0.1) is 0 Å². The molecule has 2 aromatic carbocycles. The number of anilines is 2. The van der Waals surface area contributed by atoms with Gasteiger partial charge in [-0.3, -0.25) is 9.59 Å². The van der Waals surface area contributed by atoms with Crippen molar-refractivity contribution >= 4 is 35.1 Å². The van der Waals surface area contributed by atoms with Gasteiger partial charge in [-0.05, 0) is 65.8 Å². The van der Waals surface area contributed by atoms with E-state index in [0.29, 0.717) is 0 Å². The molecule has 0 heterocycles. The molecule has 2 amide bonds. The Bertz CT molecular complexity index is 1480. The summed E-state index contributed by atoms with van der Waals surface area (Å²) < 4.78 is 16.1. The Labute approximate surface area is 274 Å². The Kier molecular flexibility index (Phi) is 12.1. The number of aliphatic hydroxyl groups excluding tert-OH is 1. The molecule has 1 aliphatic rings. The molecule has 258 valence electrons. The van der Waals surface area contributed by atoms with E-state index in [1.54, 1.807) is 53.7 Å². The lowest BCUT2D eigenvalue weighted by atomic mass is 9.81. The van der Waals surface area contributed by atoms with E-state index in [2.05, 4.69) is 10.6 Å². The van der Waals surface area contributed by atoms with Gasteiger partial charge in [0.1, 0.15) is 22.7 Å². The van der Waals surface area contributed by atoms with Crippen LogP contribution in [0.2, 0.25) is 0 Å². The first kappa shape index (κ1) is 36.9. The molecule has 0 spiro atoms. The van der Waals surface area contributed by atoms with Crippen molar-refractivity contribution < 1.29 is 48.7 Å². The number of hydrogen-bond donors (Lipinski definition) is 5. The van der Waals surface area contributed by atoms with Gasteiger partial charge in [0, 0.05) is 57.8 Å². The lowest BCUT2D eigenvalue weighted by Crippen LogP contribution is -2.41. The highest BCUT2D eigenvalue weighted by molar-refractivity contribution is 6.33. The number of nitrogens with zero attached hydrogens (tertiary/aromatic N) is 2. The number of aliphatic hydroxyl groups is 1. The zero-order chi connectivity index (χ0) is 35.1. The van der Waals surface area contributed by atoms with E-state index in [9.17, 15) is 34.5 Å². The van der Waals surface area contributed by atoms with Crippen molar-refractivity contribution in [1.82, 2.24) is 9.80 Å². The summed E-state index contributed by atoms with van der Waals surface area (Å²) in [6.07, 6.45) is -1.17. The van der Waals surface area contributed by atoms with Crippen LogP contribution < -0.4 is 10.6 Å². The summed E-state index contributed by atoms with van der Waals surface area (Å²) >= 11 is 0. The van der Waals surface area contributed by atoms with E-state index >= 15 is 0 Å². The third-order valence-electron chi connectivity index (χ3n) is 6.91. The number of ether oxygens (including phenoxy) is 3. The molecule has 0 saturated heterocycles. The molecule has 0 unspecified atom stereocenters. The van der Waals surface area contributed by atoms with Gasteiger partial charge >= 0.3 is 12.2 Å². The quantitative estimate of drug-likeness (QED) is 0.167.